The van der Waals surface area contributed by atoms with Crippen molar-refractivity contribution in [3.8, 4) is 6.07 Å². The molecule has 4 nitrogen and oxygen atoms in total. The van der Waals surface area contributed by atoms with Gasteiger partial charge in [-0.15, -0.1) is 0 Å². The zero-order valence-electron chi connectivity index (χ0n) is 10.7. The van der Waals surface area contributed by atoms with Crippen LogP contribution in [0.4, 0.5) is 23.2 Å². The van der Waals surface area contributed by atoms with Gasteiger partial charge in [0.15, 0.2) is 5.41 Å². The average molecular weight is 301 g/mol. The maximum absolute atomic E-state index is 13.6. The van der Waals surface area contributed by atoms with Crippen molar-refractivity contribution in [1.82, 2.24) is 5.32 Å². The molecule has 21 heavy (non-hydrogen) atoms. The Morgan fingerprint density at radius 3 is 2.62 bits per heavy atom. The molecule has 2 N–H and O–H groups in total. The highest BCUT2D eigenvalue weighted by molar-refractivity contribution is 5.96. The first-order chi connectivity index (χ1) is 9.80. The van der Waals surface area contributed by atoms with E-state index in [-0.39, 0.29) is 17.8 Å². The first-order valence-electron chi connectivity index (χ1n) is 6.09. The minimum atomic E-state index is -4.73. The number of halogens is 4. The van der Waals surface area contributed by atoms with E-state index in [1.54, 1.807) is 6.07 Å². The molecule has 0 radical (unpaired) electrons. The number of nitrogens with zero attached hydrogens (tertiary/aromatic N) is 1. The van der Waals surface area contributed by atoms with Gasteiger partial charge in [0.2, 0.25) is 5.91 Å². The third-order valence-electron chi connectivity index (χ3n) is 3.48. The number of carbonyl (C=O) groups excluding carboxylic acids is 1. The van der Waals surface area contributed by atoms with Gasteiger partial charge in [0, 0.05) is 6.54 Å². The molecule has 0 aromatic heterocycles. The number of nitrogens with one attached hydrogen (secondary N) is 2. The largest absolute Gasteiger partial charge is 0.404 e. The van der Waals surface area contributed by atoms with Crippen molar-refractivity contribution in [3.63, 3.8) is 0 Å². The lowest BCUT2D eigenvalue weighted by atomic mass is 9.85. The Hall–Kier alpha value is -2.14. The van der Waals surface area contributed by atoms with Crippen LogP contribution in [0.2, 0.25) is 0 Å². The maximum Gasteiger partial charge on any atom is 0.404 e. The smallest absolute Gasteiger partial charge is 0.323 e. The summed E-state index contributed by atoms with van der Waals surface area (Å²) in [6.45, 7) is -0.483. The third kappa shape index (κ3) is 2.69. The van der Waals surface area contributed by atoms with E-state index in [0.29, 0.717) is 0 Å². The highest BCUT2D eigenvalue weighted by Crippen LogP contribution is 2.43. The van der Waals surface area contributed by atoms with E-state index < -0.39 is 36.3 Å². The molecule has 1 saturated heterocycles. The molecule has 0 saturated carbocycles. The lowest BCUT2D eigenvalue weighted by molar-refractivity contribution is -0.213. The molecule has 1 fully saturated rings. The van der Waals surface area contributed by atoms with Crippen LogP contribution in [0.5, 0.6) is 0 Å². The van der Waals surface area contributed by atoms with Crippen LogP contribution in [0.25, 0.3) is 0 Å². The fourth-order valence-electron chi connectivity index (χ4n) is 2.18. The van der Waals surface area contributed by atoms with E-state index >= 15 is 0 Å². The molecule has 1 atom stereocenters. The number of alkyl halides is 3. The number of hydrogen-bond donors (Lipinski definition) is 2. The van der Waals surface area contributed by atoms with Crippen LogP contribution in [0, 0.1) is 22.6 Å². The predicted octanol–water partition coefficient (Wildman–Crippen LogP) is 2.18. The molecule has 0 spiro atoms. The van der Waals surface area contributed by atoms with E-state index in [9.17, 15) is 22.4 Å². The molecule has 0 aliphatic carbocycles. The summed E-state index contributed by atoms with van der Waals surface area (Å²) >= 11 is 0. The van der Waals surface area contributed by atoms with Crippen molar-refractivity contribution in [3.05, 3.63) is 29.6 Å². The van der Waals surface area contributed by atoms with Crippen molar-refractivity contribution < 1.29 is 22.4 Å². The van der Waals surface area contributed by atoms with Gasteiger partial charge in [-0.05, 0) is 31.2 Å². The molecule has 2 rings (SSSR count). The highest BCUT2D eigenvalue weighted by Gasteiger charge is 2.61. The molecular weight excluding hydrogens is 290 g/mol. The Kier molecular flexibility index (Phi) is 3.87. The van der Waals surface area contributed by atoms with Crippen LogP contribution in [-0.4, -0.2) is 25.2 Å². The fraction of sp³-hybridized carbons (Fsp3) is 0.385. The van der Waals surface area contributed by atoms with Crippen molar-refractivity contribution in [1.29, 1.82) is 5.26 Å². The summed E-state index contributed by atoms with van der Waals surface area (Å²) in [7, 11) is 0. The summed E-state index contributed by atoms with van der Waals surface area (Å²) in [6, 6.07) is 4.82. The van der Waals surface area contributed by atoms with Crippen LogP contribution >= 0.6 is 0 Å². The molecule has 1 heterocycles. The van der Waals surface area contributed by atoms with Gasteiger partial charge in [-0.2, -0.15) is 18.4 Å². The summed E-state index contributed by atoms with van der Waals surface area (Å²) in [5.74, 6) is -2.26. The number of carbonyl (C=O) groups is 1. The van der Waals surface area contributed by atoms with Crippen molar-refractivity contribution in [2.75, 3.05) is 18.4 Å². The first kappa shape index (κ1) is 15.3. The third-order valence-corrected chi connectivity index (χ3v) is 3.48. The van der Waals surface area contributed by atoms with Crippen LogP contribution in [0.1, 0.15) is 12.0 Å². The van der Waals surface area contributed by atoms with Crippen LogP contribution in [0.15, 0.2) is 18.2 Å². The Bertz CT molecular complexity index is 600. The highest BCUT2D eigenvalue weighted by atomic mass is 19.4. The number of amides is 1. The first-order valence-corrected chi connectivity index (χ1v) is 6.09. The van der Waals surface area contributed by atoms with Crippen LogP contribution in [0.3, 0.4) is 0 Å². The van der Waals surface area contributed by atoms with Gasteiger partial charge in [-0.3, -0.25) is 4.79 Å². The van der Waals surface area contributed by atoms with Gasteiger partial charge < -0.3 is 10.6 Å². The molecule has 1 unspecified atom stereocenters. The Balaban J connectivity index is 2.27. The lowest BCUT2D eigenvalue weighted by Crippen LogP contribution is -2.49. The quantitative estimate of drug-likeness (QED) is 0.823. The predicted molar refractivity (Wildman–Crippen MR) is 65.7 cm³/mol. The number of rotatable bonds is 2. The minimum absolute atomic E-state index is 0.0126. The molecular formula is C13H11F4N3O. The average Bonchev–Trinajstić information content (AvgIpc) is 2.91. The number of benzene rings is 1. The van der Waals surface area contributed by atoms with Gasteiger partial charge in [0.1, 0.15) is 5.82 Å². The zero-order chi connectivity index (χ0) is 15.7. The van der Waals surface area contributed by atoms with Gasteiger partial charge in [-0.25, -0.2) is 4.39 Å². The second-order valence-electron chi connectivity index (χ2n) is 4.77. The standard InChI is InChI=1S/C13H11F4N3O/c14-9-5-8(6-18)1-2-10(9)20-11(21)12(13(15,16)17)3-4-19-7-12/h1-2,5,19H,3-4,7H2,(H,20,21). The van der Waals surface area contributed by atoms with Crippen LogP contribution < -0.4 is 10.6 Å². The summed E-state index contributed by atoms with van der Waals surface area (Å²) in [6.07, 6.45) is -5.14. The van der Waals surface area contributed by atoms with Gasteiger partial charge >= 0.3 is 6.18 Å². The van der Waals surface area contributed by atoms with Gasteiger partial charge in [0.05, 0.1) is 17.3 Å². The second-order valence-corrected chi connectivity index (χ2v) is 4.77. The maximum atomic E-state index is 13.6. The Morgan fingerprint density at radius 2 is 2.14 bits per heavy atom. The molecule has 112 valence electrons. The van der Waals surface area contributed by atoms with Crippen molar-refractivity contribution in [2.45, 2.75) is 12.6 Å². The van der Waals surface area contributed by atoms with Crippen molar-refractivity contribution >= 4 is 11.6 Å². The molecule has 1 amide bonds. The number of hydrogen-bond acceptors (Lipinski definition) is 3. The lowest BCUT2D eigenvalue weighted by Gasteiger charge is -2.29. The Labute approximate surface area is 117 Å². The van der Waals surface area contributed by atoms with E-state index in [0.717, 1.165) is 12.1 Å². The van der Waals surface area contributed by atoms with Crippen LogP contribution in [-0.2, 0) is 4.79 Å². The monoisotopic (exact) mass is 301 g/mol. The molecule has 1 aliphatic rings. The summed E-state index contributed by atoms with van der Waals surface area (Å²) in [4.78, 5) is 12.0. The van der Waals surface area contributed by atoms with Gasteiger partial charge in [-0.1, -0.05) is 0 Å². The SMILES string of the molecule is N#Cc1ccc(NC(=O)C2(C(F)(F)F)CCNC2)c(F)c1. The molecule has 1 aromatic rings. The minimum Gasteiger partial charge on any atom is -0.323 e. The number of anilines is 1. The van der Waals surface area contributed by atoms with E-state index in [2.05, 4.69) is 5.32 Å². The van der Waals surface area contributed by atoms with Gasteiger partial charge in [0.25, 0.3) is 0 Å². The van der Waals surface area contributed by atoms with Crippen molar-refractivity contribution in [2.24, 2.45) is 5.41 Å². The second kappa shape index (κ2) is 5.33. The molecule has 0 bridgehead atoms. The normalized spacial score (nSPS) is 21.9. The fourth-order valence-corrected chi connectivity index (χ4v) is 2.18. The number of nitriles is 1. The summed E-state index contributed by atoms with van der Waals surface area (Å²) < 4.78 is 53.1. The Morgan fingerprint density at radius 1 is 1.43 bits per heavy atom. The molecule has 8 heteroatoms. The summed E-state index contributed by atoms with van der Waals surface area (Å²) in [5, 5.41) is 13.1. The summed E-state index contributed by atoms with van der Waals surface area (Å²) in [5.41, 5.74) is -2.93. The molecule has 1 aliphatic heterocycles. The van der Waals surface area contributed by atoms with E-state index in [1.807, 2.05) is 5.32 Å². The van der Waals surface area contributed by atoms with E-state index in [4.69, 9.17) is 5.26 Å². The molecule has 1 aromatic carbocycles. The topological polar surface area (TPSA) is 64.9 Å². The van der Waals surface area contributed by atoms with E-state index in [1.165, 1.54) is 6.07 Å². The zero-order valence-corrected chi connectivity index (χ0v) is 10.7.